The van der Waals surface area contributed by atoms with E-state index in [1.54, 1.807) is 9.80 Å². The normalized spacial score (nSPS) is 23.5. The number of anilines is 1. The molecule has 2 aliphatic heterocycles. The number of hydrogen-bond donors (Lipinski definition) is 1. The van der Waals surface area contributed by atoms with Gasteiger partial charge in [0.1, 0.15) is 6.54 Å². The number of rotatable bonds is 1. The van der Waals surface area contributed by atoms with Gasteiger partial charge in [-0.15, -0.1) is 0 Å². The number of aryl methyl sites for hydroxylation is 1. The summed E-state index contributed by atoms with van der Waals surface area (Å²) in [5.74, 6) is 0.0191. The molecule has 1 N–H and O–H groups in total. The molecule has 1 unspecified atom stereocenters. The molecule has 100 valence electrons. The van der Waals surface area contributed by atoms with Gasteiger partial charge in [-0.3, -0.25) is 9.59 Å². The van der Waals surface area contributed by atoms with Gasteiger partial charge >= 0.3 is 0 Å². The van der Waals surface area contributed by atoms with Crippen LogP contribution < -0.4 is 10.2 Å². The van der Waals surface area contributed by atoms with Crippen LogP contribution in [0, 0.1) is 6.92 Å². The summed E-state index contributed by atoms with van der Waals surface area (Å²) < 4.78 is 0. The van der Waals surface area contributed by atoms with E-state index in [9.17, 15) is 9.59 Å². The molecule has 0 aromatic heterocycles. The number of carbonyl (C=O) groups is 2. The Bertz CT molecular complexity index is 529. The van der Waals surface area contributed by atoms with Crippen molar-refractivity contribution in [3.05, 3.63) is 29.8 Å². The molecular formula is C14H17N3O2. The highest BCUT2D eigenvalue weighted by molar-refractivity contribution is 5.98. The van der Waals surface area contributed by atoms with Gasteiger partial charge in [0, 0.05) is 18.8 Å². The average molecular weight is 259 g/mol. The number of benzene rings is 1. The number of piperazine rings is 2. The summed E-state index contributed by atoms with van der Waals surface area (Å²) in [6.45, 7) is 3.87. The number of fused-ring (bicyclic) bond motifs is 1. The molecule has 1 aromatic carbocycles. The molecule has 2 fully saturated rings. The monoisotopic (exact) mass is 259 g/mol. The van der Waals surface area contributed by atoms with Crippen molar-refractivity contribution in [2.24, 2.45) is 0 Å². The fourth-order valence-electron chi connectivity index (χ4n) is 2.73. The van der Waals surface area contributed by atoms with Crippen LogP contribution in [0.25, 0.3) is 0 Å². The van der Waals surface area contributed by atoms with E-state index in [1.165, 1.54) is 0 Å². The van der Waals surface area contributed by atoms with E-state index < -0.39 is 0 Å². The Morgan fingerprint density at radius 1 is 1.26 bits per heavy atom. The Balaban J connectivity index is 1.85. The number of carbonyl (C=O) groups excluding carboxylic acids is 2. The standard InChI is InChI=1S/C14H17N3O2/c1-10-3-2-4-11(5-10)16-8-12-6-15-7-13(18)17(12)9-14(16)19/h2-5,12,15H,6-9H2,1H3. The van der Waals surface area contributed by atoms with Crippen LogP contribution in [-0.4, -0.2) is 48.9 Å². The first-order valence-corrected chi connectivity index (χ1v) is 6.52. The largest absolute Gasteiger partial charge is 0.326 e. The van der Waals surface area contributed by atoms with Gasteiger partial charge < -0.3 is 15.1 Å². The molecule has 0 saturated carbocycles. The van der Waals surface area contributed by atoms with Crippen LogP contribution in [0.15, 0.2) is 24.3 Å². The second kappa shape index (κ2) is 4.66. The highest BCUT2D eigenvalue weighted by Gasteiger charge is 2.37. The average Bonchev–Trinajstić information content (AvgIpc) is 2.39. The van der Waals surface area contributed by atoms with E-state index in [-0.39, 0.29) is 24.4 Å². The van der Waals surface area contributed by atoms with Crippen LogP contribution in [0.3, 0.4) is 0 Å². The maximum absolute atomic E-state index is 12.2. The van der Waals surface area contributed by atoms with E-state index in [1.807, 2.05) is 31.2 Å². The maximum Gasteiger partial charge on any atom is 0.246 e. The molecule has 5 nitrogen and oxygen atoms in total. The van der Waals surface area contributed by atoms with Crippen LogP contribution >= 0.6 is 0 Å². The minimum absolute atomic E-state index is 0.00269. The predicted molar refractivity (Wildman–Crippen MR) is 71.9 cm³/mol. The molecule has 2 aliphatic rings. The fraction of sp³-hybridized carbons (Fsp3) is 0.429. The topological polar surface area (TPSA) is 52.7 Å². The van der Waals surface area contributed by atoms with Crippen LogP contribution in [0.4, 0.5) is 5.69 Å². The summed E-state index contributed by atoms with van der Waals surface area (Å²) in [7, 11) is 0. The third-order valence-electron chi connectivity index (χ3n) is 3.73. The van der Waals surface area contributed by atoms with Crippen molar-refractivity contribution < 1.29 is 9.59 Å². The lowest BCUT2D eigenvalue weighted by Gasteiger charge is -2.43. The molecule has 2 amide bonds. The summed E-state index contributed by atoms with van der Waals surface area (Å²) >= 11 is 0. The number of amides is 2. The Hall–Kier alpha value is -1.88. The lowest BCUT2D eigenvalue weighted by molar-refractivity contribution is -0.141. The van der Waals surface area contributed by atoms with Crippen molar-refractivity contribution >= 4 is 17.5 Å². The van der Waals surface area contributed by atoms with Crippen molar-refractivity contribution in [3.8, 4) is 0 Å². The zero-order valence-electron chi connectivity index (χ0n) is 10.9. The first-order chi connectivity index (χ1) is 9.15. The van der Waals surface area contributed by atoms with Crippen LogP contribution in [0.2, 0.25) is 0 Å². The second-order valence-corrected chi connectivity index (χ2v) is 5.15. The molecule has 0 spiro atoms. The first-order valence-electron chi connectivity index (χ1n) is 6.52. The minimum atomic E-state index is -0.00269. The fourth-order valence-corrected chi connectivity index (χ4v) is 2.73. The highest BCUT2D eigenvalue weighted by atomic mass is 16.2. The second-order valence-electron chi connectivity index (χ2n) is 5.15. The van der Waals surface area contributed by atoms with Gasteiger partial charge in [0.25, 0.3) is 0 Å². The van der Waals surface area contributed by atoms with Gasteiger partial charge in [0.05, 0.1) is 12.6 Å². The molecule has 2 saturated heterocycles. The predicted octanol–water partition coefficient (Wildman–Crippen LogP) is 0.142. The molecule has 3 rings (SSSR count). The zero-order chi connectivity index (χ0) is 13.4. The van der Waals surface area contributed by atoms with Gasteiger partial charge in [0.2, 0.25) is 11.8 Å². The molecule has 1 atom stereocenters. The van der Waals surface area contributed by atoms with E-state index in [0.29, 0.717) is 13.1 Å². The molecule has 0 radical (unpaired) electrons. The third kappa shape index (κ3) is 2.21. The third-order valence-corrected chi connectivity index (χ3v) is 3.73. The summed E-state index contributed by atoms with van der Waals surface area (Å²) in [5, 5.41) is 3.10. The summed E-state index contributed by atoms with van der Waals surface area (Å²) in [6, 6.07) is 7.99. The van der Waals surface area contributed by atoms with Crippen molar-refractivity contribution in [2.75, 3.05) is 31.1 Å². The first kappa shape index (κ1) is 12.2. The van der Waals surface area contributed by atoms with Crippen molar-refractivity contribution in [2.45, 2.75) is 13.0 Å². The molecule has 0 aliphatic carbocycles. The van der Waals surface area contributed by atoms with Crippen molar-refractivity contribution in [1.82, 2.24) is 10.2 Å². The SMILES string of the molecule is Cc1cccc(N2CC3CNCC(=O)N3CC2=O)c1. The Morgan fingerprint density at radius 2 is 2.11 bits per heavy atom. The molecule has 1 aromatic rings. The van der Waals surface area contributed by atoms with Crippen LogP contribution in [0.1, 0.15) is 5.56 Å². The minimum Gasteiger partial charge on any atom is -0.326 e. The zero-order valence-corrected chi connectivity index (χ0v) is 10.9. The van der Waals surface area contributed by atoms with Crippen molar-refractivity contribution in [1.29, 1.82) is 0 Å². The number of nitrogens with zero attached hydrogens (tertiary/aromatic N) is 2. The summed E-state index contributed by atoms with van der Waals surface area (Å²) in [6.07, 6.45) is 0. The maximum atomic E-state index is 12.2. The Kier molecular flexibility index (Phi) is 2.98. The lowest BCUT2D eigenvalue weighted by atomic mass is 10.1. The van der Waals surface area contributed by atoms with E-state index in [4.69, 9.17) is 0 Å². The van der Waals surface area contributed by atoms with E-state index >= 15 is 0 Å². The Morgan fingerprint density at radius 3 is 2.89 bits per heavy atom. The quantitative estimate of drug-likeness (QED) is 0.780. The number of nitrogens with one attached hydrogen (secondary N) is 1. The van der Waals surface area contributed by atoms with Gasteiger partial charge in [-0.2, -0.15) is 0 Å². The van der Waals surface area contributed by atoms with Crippen LogP contribution in [-0.2, 0) is 9.59 Å². The molecule has 19 heavy (non-hydrogen) atoms. The molecular weight excluding hydrogens is 242 g/mol. The van der Waals surface area contributed by atoms with Gasteiger partial charge in [0.15, 0.2) is 0 Å². The lowest BCUT2D eigenvalue weighted by Crippen LogP contribution is -2.65. The van der Waals surface area contributed by atoms with Gasteiger partial charge in [-0.25, -0.2) is 0 Å². The van der Waals surface area contributed by atoms with Gasteiger partial charge in [-0.05, 0) is 24.6 Å². The van der Waals surface area contributed by atoms with E-state index in [2.05, 4.69) is 5.32 Å². The van der Waals surface area contributed by atoms with Crippen molar-refractivity contribution in [3.63, 3.8) is 0 Å². The smallest absolute Gasteiger partial charge is 0.246 e. The molecule has 0 bridgehead atoms. The Labute approximate surface area is 112 Å². The summed E-state index contributed by atoms with van der Waals surface area (Å²) in [4.78, 5) is 27.5. The van der Waals surface area contributed by atoms with Crippen LogP contribution in [0.5, 0.6) is 0 Å². The highest BCUT2D eigenvalue weighted by Crippen LogP contribution is 2.22. The van der Waals surface area contributed by atoms with Gasteiger partial charge in [-0.1, -0.05) is 12.1 Å². The number of hydrogen-bond acceptors (Lipinski definition) is 3. The summed E-state index contributed by atoms with van der Waals surface area (Å²) in [5.41, 5.74) is 2.05. The van der Waals surface area contributed by atoms with E-state index in [0.717, 1.165) is 17.8 Å². The molecule has 5 heteroatoms. The molecule has 2 heterocycles.